The lowest BCUT2D eigenvalue weighted by Gasteiger charge is -2.08. The number of unbranched alkanes of at least 4 members (excludes halogenated alkanes) is 2. The van der Waals surface area contributed by atoms with E-state index in [-0.39, 0.29) is 8.41 Å². The molecular formula is C21H32Si. The Morgan fingerprint density at radius 2 is 1.68 bits per heavy atom. The normalized spacial score (nSPS) is 16.9. The summed E-state index contributed by atoms with van der Waals surface area (Å²) in [7, 11) is -0.343. The highest BCUT2D eigenvalue weighted by Crippen LogP contribution is 2.32. The topological polar surface area (TPSA) is 0 Å². The maximum atomic E-state index is 2.58. The van der Waals surface area contributed by atoms with Crippen molar-refractivity contribution in [2.75, 3.05) is 0 Å². The van der Waals surface area contributed by atoms with Gasteiger partial charge in [-0.15, -0.1) is 0 Å². The average Bonchev–Trinajstić information content (AvgIpc) is 3.17. The molecule has 1 heteroatoms. The molecule has 0 amide bonds. The molecule has 22 heavy (non-hydrogen) atoms. The third-order valence-corrected chi connectivity index (χ3v) is 7.70. The molecule has 0 spiro atoms. The van der Waals surface area contributed by atoms with Crippen molar-refractivity contribution in [3.8, 4) is 0 Å². The molecule has 0 bridgehead atoms. The first-order valence-corrected chi connectivity index (χ1v) is 11.2. The molecule has 0 N–H and O–H groups in total. The molecule has 0 aromatic rings. The van der Waals surface area contributed by atoms with Gasteiger partial charge in [-0.3, -0.25) is 0 Å². The molecule has 2 aliphatic rings. The van der Waals surface area contributed by atoms with Crippen molar-refractivity contribution < 1.29 is 0 Å². The zero-order chi connectivity index (χ0) is 15.8. The van der Waals surface area contributed by atoms with Crippen LogP contribution in [0.25, 0.3) is 0 Å². The summed E-state index contributed by atoms with van der Waals surface area (Å²) >= 11 is 0. The Kier molecular flexibility index (Phi) is 7.31. The maximum Gasteiger partial charge on any atom is 0.0194 e. The second-order valence-corrected chi connectivity index (χ2v) is 9.35. The van der Waals surface area contributed by atoms with E-state index in [0.29, 0.717) is 0 Å². The highest BCUT2D eigenvalue weighted by molar-refractivity contribution is 6.75. The van der Waals surface area contributed by atoms with Crippen molar-refractivity contribution >= 4 is 13.6 Å². The Bertz CT molecular complexity index is 516. The first-order valence-electron chi connectivity index (χ1n) is 9.30. The van der Waals surface area contributed by atoms with Crippen LogP contribution in [0.4, 0.5) is 0 Å². The highest BCUT2D eigenvalue weighted by atomic mass is 28.2. The predicted molar refractivity (Wildman–Crippen MR) is 103 cm³/mol. The molecule has 0 fully saturated rings. The lowest BCUT2D eigenvalue weighted by Crippen LogP contribution is -2.11. The van der Waals surface area contributed by atoms with Crippen molar-refractivity contribution in [3.63, 3.8) is 0 Å². The van der Waals surface area contributed by atoms with E-state index in [1.807, 2.05) is 0 Å². The van der Waals surface area contributed by atoms with Crippen molar-refractivity contribution in [1.29, 1.82) is 0 Å². The van der Waals surface area contributed by atoms with Crippen LogP contribution in [-0.2, 0) is 0 Å². The molecule has 0 saturated heterocycles. The Balaban J connectivity index is 2.27. The quantitative estimate of drug-likeness (QED) is 0.433. The van der Waals surface area contributed by atoms with Crippen LogP contribution in [0, 0.1) is 0 Å². The summed E-state index contributed by atoms with van der Waals surface area (Å²) < 4.78 is 0. The van der Waals surface area contributed by atoms with E-state index in [1.165, 1.54) is 50.6 Å². The number of hydrogen-bond donors (Lipinski definition) is 0. The molecule has 0 aromatic carbocycles. The minimum atomic E-state index is -0.343. The lowest BCUT2D eigenvalue weighted by atomic mass is 9.97. The van der Waals surface area contributed by atoms with E-state index in [1.54, 1.807) is 21.9 Å². The van der Waals surface area contributed by atoms with Gasteiger partial charge in [0.1, 0.15) is 0 Å². The minimum Gasteiger partial charge on any atom is -0.0801 e. The Morgan fingerprint density at radius 1 is 0.955 bits per heavy atom. The van der Waals surface area contributed by atoms with E-state index in [2.05, 4.69) is 51.2 Å². The summed E-state index contributed by atoms with van der Waals surface area (Å²) in [5.74, 6) is 0. The van der Waals surface area contributed by atoms with Gasteiger partial charge in [0.25, 0.3) is 0 Å². The largest absolute Gasteiger partial charge is 0.0801 e. The SMILES string of the molecule is CCCC[Si](CCCC)=C1C=C(CCC)C(C2=CC=CC2)=C1. The van der Waals surface area contributed by atoms with Gasteiger partial charge in [0.15, 0.2) is 0 Å². The summed E-state index contributed by atoms with van der Waals surface area (Å²) in [6.45, 7) is 6.96. The standard InChI is InChI=1S/C21H32Si/c1-4-7-14-22(15-8-5-2)20-16-19(11-6-3)21(17-20)18-12-9-10-13-18/h9-10,12,16-17H,4-8,11,13-15H2,1-3H3. The monoisotopic (exact) mass is 312 g/mol. The molecule has 0 aliphatic heterocycles. The number of hydrogen-bond acceptors (Lipinski definition) is 0. The molecule has 2 rings (SSSR count). The first-order chi connectivity index (χ1) is 10.8. The molecule has 0 aromatic heterocycles. The van der Waals surface area contributed by atoms with Crippen molar-refractivity contribution in [1.82, 2.24) is 0 Å². The molecule has 0 heterocycles. The van der Waals surface area contributed by atoms with Gasteiger partial charge in [0.05, 0.1) is 0 Å². The second-order valence-electron chi connectivity index (χ2n) is 6.57. The van der Waals surface area contributed by atoms with Crippen LogP contribution < -0.4 is 0 Å². The number of rotatable bonds is 9. The zero-order valence-electron chi connectivity index (χ0n) is 14.8. The van der Waals surface area contributed by atoms with Crippen LogP contribution in [-0.4, -0.2) is 13.6 Å². The third-order valence-electron chi connectivity index (χ3n) is 4.68. The van der Waals surface area contributed by atoms with Crippen molar-refractivity contribution in [2.45, 2.75) is 77.8 Å². The van der Waals surface area contributed by atoms with Gasteiger partial charge in [0.2, 0.25) is 0 Å². The van der Waals surface area contributed by atoms with E-state index >= 15 is 0 Å². The second kappa shape index (κ2) is 9.25. The smallest absolute Gasteiger partial charge is 0.0194 e. The summed E-state index contributed by atoms with van der Waals surface area (Å²) in [5, 5.41) is 1.72. The van der Waals surface area contributed by atoms with Gasteiger partial charge < -0.3 is 0 Å². The highest BCUT2D eigenvalue weighted by Gasteiger charge is 2.18. The van der Waals surface area contributed by atoms with Crippen LogP contribution in [0.3, 0.4) is 0 Å². The van der Waals surface area contributed by atoms with E-state index in [9.17, 15) is 0 Å². The van der Waals surface area contributed by atoms with E-state index in [4.69, 9.17) is 0 Å². The molecule has 120 valence electrons. The Morgan fingerprint density at radius 3 is 2.23 bits per heavy atom. The number of allylic oxidation sites excluding steroid dienone is 8. The molecular weight excluding hydrogens is 280 g/mol. The average molecular weight is 313 g/mol. The molecule has 0 saturated carbocycles. The third kappa shape index (κ3) is 4.52. The fourth-order valence-electron chi connectivity index (χ4n) is 3.38. The predicted octanol–water partition coefficient (Wildman–Crippen LogP) is 6.39. The van der Waals surface area contributed by atoms with Crippen LogP contribution in [0.15, 0.2) is 47.1 Å². The lowest BCUT2D eigenvalue weighted by molar-refractivity contribution is 0.849. The van der Waals surface area contributed by atoms with Crippen LogP contribution in [0.2, 0.25) is 12.1 Å². The minimum absolute atomic E-state index is 0.343. The van der Waals surface area contributed by atoms with Crippen molar-refractivity contribution in [2.24, 2.45) is 0 Å². The summed E-state index contributed by atoms with van der Waals surface area (Å²) in [6, 6.07) is 2.93. The molecule has 0 unspecified atom stereocenters. The summed E-state index contributed by atoms with van der Waals surface area (Å²) in [6.07, 6.45) is 21.1. The molecule has 0 nitrogen and oxygen atoms in total. The zero-order valence-corrected chi connectivity index (χ0v) is 15.8. The molecule has 2 aliphatic carbocycles. The maximum absolute atomic E-state index is 2.58. The van der Waals surface area contributed by atoms with Crippen molar-refractivity contribution in [3.05, 3.63) is 47.1 Å². The van der Waals surface area contributed by atoms with Gasteiger partial charge >= 0.3 is 0 Å². The van der Waals surface area contributed by atoms with Gasteiger partial charge in [-0.2, -0.15) is 0 Å². The van der Waals surface area contributed by atoms with Crippen LogP contribution in [0.1, 0.15) is 65.7 Å². The first kappa shape index (κ1) is 17.4. The Labute approximate surface area is 138 Å². The van der Waals surface area contributed by atoms with Gasteiger partial charge in [0, 0.05) is 8.41 Å². The Hall–Kier alpha value is -0.953. The molecule has 0 radical (unpaired) electrons. The summed E-state index contributed by atoms with van der Waals surface area (Å²) in [4.78, 5) is 0. The van der Waals surface area contributed by atoms with Crippen LogP contribution in [0.5, 0.6) is 0 Å². The van der Waals surface area contributed by atoms with Gasteiger partial charge in [-0.05, 0) is 46.8 Å². The van der Waals surface area contributed by atoms with E-state index < -0.39 is 0 Å². The fourth-order valence-corrected chi connectivity index (χ4v) is 6.49. The summed E-state index contributed by atoms with van der Waals surface area (Å²) in [5.41, 5.74) is 4.72. The van der Waals surface area contributed by atoms with Gasteiger partial charge in [-0.1, -0.05) is 83.3 Å². The van der Waals surface area contributed by atoms with Crippen LogP contribution >= 0.6 is 0 Å². The fraction of sp³-hybridized carbons (Fsp3) is 0.571. The molecule has 0 atom stereocenters. The van der Waals surface area contributed by atoms with E-state index in [0.717, 1.165) is 6.42 Å². The van der Waals surface area contributed by atoms with Gasteiger partial charge in [-0.25, -0.2) is 0 Å².